The van der Waals surface area contributed by atoms with E-state index in [-0.39, 0.29) is 11.7 Å². The highest BCUT2D eigenvalue weighted by molar-refractivity contribution is 7.99. The van der Waals surface area contributed by atoms with Crippen molar-refractivity contribution in [3.63, 3.8) is 0 Å². The summed E-state index contributed by atoms with van der Waals surface area (Å²) in [5.74, 6) is 1.93. The Bertz CT molecular complexity index is 976. The normalized spacial score (nSPS) is 10.8. The topological polar surface area (TPSA) is 69.0 Å². The van der Waals surface area contributed by atoms with Crippen molar-refractivity contribution in [1.29, 1.82) is 0 Å². The number of hydrogen-bond acceptors (Lipinski definition) is 5. The van der Waals surface area contributed by atoms with Crippen LogP contribution in [0, 0.1) is 0 Å². The quantitative estimate of drug-likeness (QED) is 0.452. The Labute approximate surface area is 186 Å². The second-order valence-corrected chi connectivity index (χ2v) is 8.01. The molecule has 6 nitrogen and oxygen atoms in total. The molecule has 30 heavy (non-hydrogen) atoms. The highest BCUT2D eigenvalue weighted by Crippen LogP contribution is 2.22. The molecule has 1 heterocycles. The zero-order valence-electron chi connectivity index (χ0n) is 17.1. The Kier molecular flexibility index (Phi) is 8.16. The summed E-state index contributed by atoms with van der Waals surface area (Å²) in [5, 5.41) is 12.7. The average Bonchev–Trinajstić information content (AvgIpc) is 3.16. The van der Waals surface area contributed by atoms with Crippen LogP contribution in [0.5, 0.6) is 5.75 Å². The van der Waals surface area contributed by atoms with Gasteiger partial charge in [-0.3, -0.25) is 4.79 Å². The van der Waals surface area contributed by atoms with Crippen LogP contribution >= 0.6 is 23.4 Å². The fourth-order valence-corrected chi connectivity index (χ4v) is 4.05. The molecular formula is C22H25ClN4O2S. The Morgan fingerprint density at radius 1 is 1.13 bits per heavy atom. The van der Waals surface area contributed by atoms with Crippen molar-refractivity contribution >= 4 is 35.0 Å². The fraction of sp³-hybridized carbons (Fsp3) is 0.318. The van der Waals surface area contributed by atoms with Crippen LogP contribution in [0.3, 0.4) is 0 Å². The van der Waals surface area contributed by atoms with Gasteiger partial charge in [0.15, 0.2) is 5.16 Å². The maximum atomic E-state index is 12.3. The summed E-state index contributed by atoms with van der Waals surface area (Å²) in [4.78, 5) is 12.3. The standard InChI is InChI=1S/C22H25ClN4O2S/c1-3-27-20(10-6-7-16-11-13-17(29-2)14-12-16)25-26-22(27)30-15-21(28)24-19-9-5-4-8-18(19)23/h4-5,8-9,11-14H,3,6-7,10,15H2,1-2H3,(H,24,28). The SMILES string of the molecule is CCn1c(CCCc2ccc(OC)cc2)nnc1SCC(=O)Nc1ccccc1Cl. The number of carbonyl (C=O) groups is 1. The number of halogens is 1. The van der Waals surface area contributed by atoms with Crippen molar-refractivity contribution in [2.45, 2.75) is 37.9 Å². The Hall–Kier alpha value is -2.51. The lowest BCUT2D eigenvalue weighted by Crippen LogP contribution is -2.15. The van der Waals surface area contributed by atoms with E-state index >= 15 is 0 Å². The number of aryl methyl sites for hydroxylation is 2. The van der Waals surface area contributed by atoms with Gasteiger partial charge < -0.3 is 14.6 Å². The van der Waals surface area contributed by atoms with Gasteiger partial charge in [-0.1, -0.05) is 47.6 Å². The van der Waals surface area contributed by atoms with Crippen LogP contribution in [0.2, 0.25) is 5.02 Å². The lowest BCUT2D eigenvalue weighted by molar-refractivity contribution is -0.113. The molecule has 2 aromatic carbocycles. The molecule has 0 atom stereocenters. The number of rotatable bonds is 10. The van der Waals surface area contributed by atoms with Gasteiger partial charge in [-0.15, -0.1) is 10.2 Å². The summed E-state index contributed by atoms with van der Waals surface area (Å²) in [6, 6.07) is 15.3. The van der Waals surface area contributed by atoms with Gasteiger partial charge in [0, 0.05) is 13.0 Å². The first-order valence-corrected chi connectivity index (χ1v) is 11.2. The third-order valence-electron chi connectivity index (χ3n) is 4.61. The molecule has 1 amide bonds. The smallest absolute Gasteiger partial charge is 0.234 e. The predicted molar refractivity (Wildman–Crippen MR) is 122 cm³/mol. The van der Waals surface area contributed by atoms with E-state index in [4.69, 9.17) is 16.3 Å². The van der Waals surface area contributed by atoms with E-state index in [0.717, 1.165) is 42.5 Å². The van der Waals surface area contributed by atoms with Gasteiger partial charge >= 0.3 is 0 Å². The Morgan fingerprint density at radius 3 is 2.60 bits per heavy atom. The minimum atomic E-state index is -0.125. The number of anilines is 1. The van der Waals surface area contributed by atoms with E-state index in [1.165, 1.54) is 17.3 Å². The Balaban J connectivity index is 1.51. The number of ether oxygens (including phenoxy) is 1. The van der Waals surface area contributed by atoms with Crippen LogP contribution in [0.4, 0.5) is 5.69 Å². The van der Waals surface area contributed by atoms with Crippen molar-refractivity contribution < 1.29 is 9.53 Å². The van der Waals surface area contributed by atoms with Crippen molar-refractivity contribution in [1.82, 2.24) is 14.8 Å². The van der Waals surface area contributed by atoms with E-state index in [1.807, 2.05) is 24.3 Å². The first-order chi connectivity index (χ1) is 14.6. The van der Waals surface area contributed by atoms with Gasteiger partial charge in [0.1, 0.15) is 11.6 Å². The van der Waals surface area contributed by atoms with E-state index < -0.39 is 0 Å². The van der Waals surface area contributed by atoms with Crippen LogP contribution < -0.4 is 10.1 Å². The maximum Gasteiger partial charge on any atom is 0.234 e. The van der Waals surface area contributed by atoms with Crippen molar-refractivity contribution in [3.05, 3.63) is 64.9 Å². The van der Waals surface area contributed by atoms with E-state index in [1.54, 1.807) is 19.2 Å². The number of amides is 1. The predicted octanol–water partition coefficient (Wildman–Crippen LogP) is 4.87. The first-order valence-electron chi connectivity index (χ1n) is 9.83. The molecule has 1 N–H and O–H groups in total. The van der Waals surface area contributed by atoms with Crippen LogP contribution in [-0.2, 0) is 24.2 Å². The molecule has 158 valence electrons. The van der Waals surface area contributed by atoms with Gasteiger partial charge in [-0.05, 0) is 49.6 Å². The second-order valence-electron chi connectivity index (χ2n) is 6.66. The van der Waals surface area contributed by atoms with E-state index in [2.05, 4.69) is 39.1 Å². The molecule has 0 aliphatic heterocycles. The minimum Gasteiger partial charge on any atom is -0.497 e. The maximum absolute atomic E-state index is 12.3. The minimum absolute atomic E-state index is 0.125. The number of benzene rings is 2. The molecule has 0 aliphatic rings. The number of aromatic nitrogens is 3. The first kappa shape index (κ1) is 22.2. The van der Waals surface area contributed by atoms with Crippen molar-refractivity contribution in [3.8, 4) is 5.75 Å². The molecule has 0 spiro atoms. The lowest BCUT2D eigenvalue weighted by Gasteiger charge is -2.09. The molecule has 0 fully saturated rings. The van der Waals surface area contributed by atoms with Crippen LogP contribution in [0.1, 0.15) is 24.7 Å². The van der Waals surface area contributed by atoms with Crippen molar-refractivity contribution in [2.24, 2.45) is 0 Å². The van der Waals surface area contributed by atoms with Gasteiger partial charge in [0.25, 0.3) is 0 Å². The number of nitrogens with zero attached hydrogens (tertiary/aromatic N) is 3. The number of nitrogens with one attached hydrogen (secondary N) is 1. The van der Waals surface area contributed by atoms with Gasteiger partial charge in [-0.2, -0.15) is 0 Å². The third kappa shape index (κ3) is 6.00. The molecule has 0 unspecified atom stereocenters. The molecule has 0 saturated carbocycles. The highest BCUT2D eigenvalue weighted by Gasteiger charge is 2.13. The van der Waals surface area contributed by atoms with Gasteiger partial charge in [0.2, 0.25) is 5.91 Å². The number of hydrogen-bond donors (Lipinski definition) is 1. The average molecular weight is 445 g/mol. The molecule has 0 aliphatic carbocycles. The molecule has 3 rings (SSSR count). The summed E-state index contributed by atoms with van der Waals surface area (Å²) < 4.78 is 7.27. The summed E-state index contributed by atoms with van der Waals surface area (Å²) in [6.07, 6.45) is 2.77. The lowest BCUT2D eigenvalue weighted by atomic mass is 10.1. The fourth-order valence-electron chi connectivity index (χ4n) is 3.05. The largest absolute Gasteiger partial charge is 0.497 e. The molecule has 0 bridgehead atoms. The Morgan fingerprint density at radius 2 is 1.90 bits per heavy atom. The molecule has 8 heteroatoms. The summed E-state index contributed by atoms with van der Waals surface area (Å²) >= 11 is 7.47. The van der Waals surface area contributed by atoms with Crippen LogP contribution in [0.15, 0.2) is 53.7 Å². The van der Waals surface area contributed by atoms with E-state index in [0.29, 0.717) is 10.7 Å². The summed E-state index contributed by atoms with van der Waals surface area (Å²) in [6.45, 7) is 2.82. The number of thioether (sulfide) groups is 1. The molecule has 0 saturated heterocycles. The molecule has 1 aromatic heterocycles. The number of methoxy groups -OCH3 is 1. The molecule has 3 aromatic rings. The molecular weight excluding hydrogens is 420 g/mol. The van der Waals surface area contributed by atoms with Crippen LogP contribution in [-0.4, -0.2) is 33.5 Å². The van der Waals surface area contributed by atoms with Gasteiger partial charge in [0.05, 0.1) is 23.6 Å². The van der Waals surface area contributed by atoms with Gasteiger partial charge in [-0.25, -0.2) is 0 Å². The van der Waals surface area contributed by atoms with E-state index in [9.17, 15) is 4.79 Å². The second kappa shape index (κ2) is 11.0. The summed E-state index contributed by atoms with van der Waals surface area (Å²) in [7, 11) is 1.67. The number of para-hydroxylation sites is 1. The zero-order chi connectivity index (χ0) is 21.3. The zero-order valence-corrected chi connectivity index (χ0v) is 18.7. The number of carbonyl (C=O) groups excluding carboxylic acids is 1. The monoisotopic (exact) mass is 444 g/mol. The third-order valence-corrected chi connectivity index (χ3v) is 5.91. The van der Waals surface area contributed by atoms with Crippen molar-refractivity contribution in [2.75, 3.05) is 18.2 Å². The summed E-state index contributed by atoms with van der Waals surface area (Å²) in [5.41, 5.74) is 1.88. The van der Waals surface area contributed by atoms with Crippen LogP contribution in [0.25, 0.3) is 0 Å². The molecule has 0 radical (unpaired) electrons. The highest BCUT2D eigenvalue weighted by atomic mass is 35.5.